The highest BCUT2D eigenvalue weighted by Crippen LogP contribution is 2.17. The van der Waals surface area contributed by atoms with Gasteiger partial charge in [-0.3, -0.25) is 0 Å². The molecule has 4 nitrogen and oxygen atoms in total. The van der Waals surface area contributed by atoms with E-state index < -0.39 is 16.1 Å². The molecular formula is C15H14N2O2S. The van der Waals surface area contributed by atoms with Gasteiger partial charge in [0.1, 0.15) is 6.04 Å². The normalized spacial score (nSPS) is 12.6. The van der Waals surface area contributed by atoms with Gasteiger partial charge in [-0.25, -0.2) is 8.42 Å². The number of sulfonamides is 1. The SMILES string of the molecule is Cc1ccc(S(=O)(=O)NC(C#N)c2ccccc2)cc1. The Hall–Kier alpha value is -2.16. The van der Waals surface area contributed by atoms with Gasteiger partial charge < -0.3 is 0 Å². The highest BCUT2D eigenvalue weighted by molar-refractivity contribution is 7.89. The summed E-state index contributed by atoms with van der Waals surface area (Å²) < 4.78 is 26.9. The van der Waals surface area contributed by atoms with Crippen molar-refractivity contribution in [3.05, 3.63) is 65.7 Å². The van der Waals surface area contributed by atoms with Crippen molar-refractivity contribution in [2.45, 2.75) is 17.9 Å². The molecule has 2 aromatic rings. The Bertz CT molecular complexity index is 717. The monoisotopic (exact) mass is 286 g/mol. The summed E-state index contributed by atoms with van der Waals surface area (Å²) in [4.78, 5) is 0.152. The highest BCUT2D eigenvalue weighted by Gasteiger charge is 2.20. The maximum absolute atomic E-state index is 12.2. The predicted octanol–water partition coefficient (Wildman–Crippen LogP) is 2.54. The van der Waals surface area contributed by atoms with Crippen molar-refractivity contribution in [1.82, 2.24) is 4.72 Å². The van der Waals surface area contributed by atoms with Crippen LogP contribution in [0.3, 0.4) is 0 Å². The molecule has 1 atom stereocenters. The first kappa shape index (κ1) is 14.3. The van der Waals surface area contributed by atoms with Crippen LogP contribution in [0.15, 0.2) is 59.5 Å². The van der Waals surface area contributed by atoms with Crippen LogP contribution in [0.4, 0.5) is 0 Å². The van der Waals surface area contributed by atoms with Gasteiger partial charge in [0.15, 0.2) is 0 Å². The number of hydrogen-bond acceptors (Lipinski definition) is 3. The minimum Gasteiger partial charge on any atom is -0.207 e. The molecule has 0 aliphatic carbocycles. The molecule has 2 rings (SSSR count). The van der Waals surface area contributed by atoms with Crippen molar-refractivity contribution in [3.8, 4) is 6.07 Å². The molecule has 0 bridgehead atoms. The number of hydrogen-bond donors (Lipinski definition) is 1. The summed E-state index contributed by atoms with van der Waals surface area (Å²) >= 11 is 0. The first-order chi connectivity index (χ1) is 9.53. The van der Waals surface area contributed by atoms with Gasteiger partial charge in [-0.05, 0) is 24.6 Å². The second-order valence-corrected chi connectivity index (χ2v) is 6.12. The van der Waals surface area contributed by atoms with E-state index in [1.54, 1.807) is 36.4 Å². The fourth-order valence-electron chi connectivity index (χ4n) is 1.76. The number of aryl methyl sites for hydroxylation is 1. The number of benzene rings is 2. The molecule has 0 saturated carbocycles. The van der Waals surface area contributed by atoms with E-state index in [4.69, 9.17) is 5.26 Å². The molecule has 102 valence electrons. The Morgan fingerprint density at radius 2 is 1.65 bits per heavy atom. The lowest BCUT2D eigenvalue weighted by atomic mass is 10.1. The van der Waals surface area contributed by atoms with Crippen molar-refractivity contribution < 1.29 is 8.42 Å². The molecule has 20 heavy (non-hydrogen) atoms. The first-order valence-corrected chi connectivity index (χ1v) is 7.55. The topological polar surface area (TPSA) is 70.0 Å². The minimum atomic E-state index is -3.71. The van der Waals surface area contributed by atoms with Crippen LogP contribution in [0.1, 0.15) is 17.2 Å². The third-order valence-electron chi connectivity index (χ3n) is 2.87. The van der Waals surface area contributed by atoms with Gasteiger partial charge in [0.05, 0.1) is 11.0 Å². The zero-order valence-corrected chi connectivity index (χ0v) is 11.8. The molecule has 0 saturated heterocycles. The number of nitriles is 1. The summed E-state index contributed by atoms with van der Waals surface area (Å²) in [5.74, 6) is 0. The molecule has 0 radical (unpaired) electrons. The second kappa shape index (κ2) is 5.87. The molecular weight excluding hydrogens is 272 g/mol. The standard InChI is InChI=1S/C15H14N2O2S/c1-12-7-9-14(10-8-12)20(18,19)17-15(11-16)13-5-3-2-4-6-13/h2-10,15,17H,1H3. The summed E-state index contributed by atoms with van der Waals surface area (Å²) in [6.07, 6.45) is 0. The van der Waals surface area contributed by atoms with Crippen LogP contribution in [-0.4, -0.2) is 8.42 Å². The summed E-state index contributed by atoms with van der Waals surface area (Å²) in [6.45, 7) is 1.88. The summed E-state index contributed by atoms with van der Waals surface area (Å²) in [7, 11) is -3.71. The van der Waals surface area contributed by atoms with Crippen LogP contribution in [0.25, 0.3) is 0 Å². The van der Waals surface area contributed by atoms with Crippen LogP contribution >= 0.6 is 0 Å². The van der Waals surface area contributed by atoms with Gasteiger partial charge in [0.25, 0.3) is 0 Å². The Labute approximate surface area is 118 Å². The lowest BCUT2D eigenvalue weighted by molar-refractivity contribution is 0.575. The molecule has 2 aromatic carbocycles. The Morgan fingerprint density at radius 1 is 1.05 bits per heavy atom. The van der Waals surface area contributed by atoms with Crippen LogP contribution in [0.5, 0.6) is 0 Å². The van der Waals surface area contributed by atoms with Gasteiger partial charge >= 0.3 is 0 Å². The molecule has 0 aliphatic heterocycles. The van der Waals surface area contributed by atoms with Crippen molar-refractivity contribution in [3.63, 3.8) is 0 Å². The minimum absolute atomic E-state index is 0.152. The van der Waals surface area contributed by atoms with Gasteiger partial charge in [-0.2, -0.15) is 9.98 Å². The van der Waals surface area contributed by atoms with E-state index in [0.29, 0.717) is 5.56 Å². The molecule has 1 N–H and O–H groups in total. The van der Waals surface area contributed by atoms with Crippen molar-refractivity contribution >= 4 is 10.0 Å². The zero-order valence-electron chi connectivity index (χ0n) is 10.9. The Morgan fingerprint density at radius 3 is 2.20 bits per heavy atom. The smallest absolute Gasteiger partial charge is 0.207 e. The van der Waals surface area contributed by atoms with Gasteiger partial charge in [0, 0.05) is 0 Å². The molecule has 0 heterocycles. The van der Waals surface area contributed by atoms with Crippen LogP contribution in [0, 0.1) is 18.3 Å². The van der Waals surface area contributed by atoms with Gasteiger partial charge in [0.2, 0.25) is 10.0 Å². The van der Waals surface area contributed by atoms with E-state index in [1.807, 2.05) is 19.1 Å². The summed E-state index contributed by atoms with van der Waals surface area (Å²) in [6, 6.07) is 16.3. The van der Waals surface area contributed by atoms with Crippen LogP contribution in [-0.2, 0) is 10.0 Å². The molecule has 5 heteroatoms. The number of nitrogens with zero attached hydrogens (tertiary/aromatic N) is 1. The fourth-order valence-corrected chi connectivity index (χ4v) is 2.88. The van der Waals surface area contributed by atoms with E-state index in [1.165, 1.54) is 12.1 Å². The maximum atomic E-state index is 12.2. The van der Waals surface area contributed by atoms with E-state index >= 15 is 0 Å². The van der Waals surface area contributed by atoms with Crippen molar-refractivity contribution in [2.75, 3.05) is 0 Å². The number of rotatable bonds is 4. The lowest BCUT2D eigenvalue weighted by Gasteiger charge is -2.12. The van der Waals surface area contributed by atoms with E-state index in [9.17, 15) is 8.42 Å². The van der Waals surface area contributed by atoms with Crippen molar-refractivity contribution in [1.29, 1.82) is 5.26 Å². The van der Waals surface area contributed by atoms with Crippen LogP contribution in [0.2, 0.25) is 0 Å². The van der Waals surface area contributed by atoms with E-state index in [-0.39, 0.29) is 4.90 Å². The highest BCUT2D eigenvalue weighted by atomic mass is 32.2. The first-order valence-electron chi connectivity index (χ1n) is 6.06. The average Bonchev–Trinajstić information content (AvgIpc) is 2.46. The second-order valence-electron chi connectivity index (χ2n) is 4.41. The average molecular weight is 286 g/mol. The lowest BCUT2D eigenvalue weighted by Crippen LogP contribution is -2.27. The van der Waals surface area contributed by atoms with E-state index in [0.717, 1.165) is 5.56 Å². The maximum Gasteiger partial charge on any atom is 0.241 e. The Balaban J connectivity index is 2.28. The fraction of sp³-hybridized carbons (Fsp3) is 0.133. The van der Waals surface area contributed by atoms with Crippen LogP contribution < -0.4 is 4.72 Å². The molecule has 0 aliphatic rings. The molecule has 1 unspecified atom stereocenters. The molecule has 0 aromatic heterocycles. The summed E-state index contributed by atoms with van der Waals surface area (Å²) in [5.41, 5.74) is 1.59. The molecule has 0 amide bonds. The largest absolute Gasteiger partial charge is 0.241 e. The van der Waals surface area contributed by atoms with E-state index in [2.05, 4.69) is 4.72 Å². The number of nitrogens with one attached hydrogen (secondary N) is 1. The summed E-state index contributed by atoms with van der Waals surface area (Å²) in [5, 5.41) is 9.16. The zero-order chi connectivity index (χ0) is 14.6. The third kappa shape index (κ3) is 3.23. The molecule has 0 fully saturated rings. The van der Waals surface area contributed by atoms with Gasteiger partial charge in [-0.1, -0.05) is 48.0 Å². The quantitative estimate of drug-likeness (QED) is 0.939. The van der Waals surface area contributed by atoms with Gasteiger partial charge in [-0.15, -0.1) is 0 Å². The molecule has 0 spiro atoms. The Kier molecular flexibility index (Phi) is 4.18. The predicted molar refractivity (Wildman–Crippen MR) is 76.3 cm³/mol. The van der Waals surface area contributed by atoms with Crippen molar-refractivity contribution in [2.24, 2.45) is 0 Å². The third-order valence-corrected chi connectivity index (χ3v) is 4.31.